The SMILES string of the molecule is CCCCc1cc(C)c2cc(C)ccc2c1. The summed E-state index contributed by atoms with van der Waals surface area (Å²) in [7, 11) is 0. The van der Waals surface area contributed by atoms with Crippen molar-refractivity contribution in [3.05, 3.63) is 47.0 Å². The monoisotopic (exact) mass is 212 g/mol. The van der Waals surface area contributed by atoms with Crippen molar-refractivity contribution in [1.29, 1.82) is 0 Å². The molecule has 0 amide bonds. The highest BCUT2D eigenvalue weighted by Crippen LogP contribution is 2.22. The minimum atomic E-state index is 1.21. The van der Waals surface area contributed by atoms with Gasteiger partial charge in [0.1, 0.15) is 0 Å². The smallest absolute Gasteiger partial charge is 0.0152 e. The first-order valence-electron chi connectivity index (χ1n) is 6.20. The van der Waals surface area contributed by atoms with E-state index in [4.69, 9.17) is 0 Å². The van der Waals surface area contributed by atoms with Gasteiger partial charge in [0.05, 0.1) is 0 Å². The summed E-state index contributed by atoms with van der Waals surface area (Å²) in [5.41, 5.74) is 4.24. The molecule has 0 aliphatic carbocycles. The molecule has 0 saturated carbocycles. The summed E-state index contributed by atoms with van der Waals surface area (Å²) in [5.74, 6) is 0. The van der Waals surface area contributed by atoms with Crippen LogP contribution in [-0.4, -0.2) is 0 Å². The summed E-state index contributed by atoms with van der Waals surface area (Å²) < 4.78 is 0. The third-order valence-electron chi connectivity index (χ3n) is 3.20. The number of unbranched alkanes of at least 4 members (excludes halogenated alkanes) is 1. The van der Waals surface area contributed by atoms with Gasteiger partial charge in [0.2, 0.25) is 0 Å². The fraction of sp³-hybridized carbons (Fsp3) is 0.375. The number of aryl methyl sites for hydroxylation is 3. The van der Waals surface area contributed by atoms with Gasteiger partial charge in [0.15, 0.2) is 0 Å². The molecule has 0 fully saturated rings. The van der Waals surface area contributed by atoms with Gasteiger partial charge in [-0.3, -0.25) is 0 Å². The van der Waals surface area contributed by atoms with E-state index in [1.54, 1.807) is 0 Å². The third kappa shape index (κ3) is 2.27. The molecule has 2 aromatic rings. The summed E-state index contributed by atoms with van der Waals surface area (Å²) in [6, 6.07) is 11.4. The molecule has 0 N–H and O–H groups in total. The predicted molar refractivity (Wildman–Crippen MR) is 72.0 cm³/mol. The van der Waals surface area contributed by atoms with Crippen LogP contribution >= 0.6 is 0 Å². The molecule has 84 valence electrons. The predicted octanol–water partition coefficient (Wildman–Crippen LogP) is 4.80. The molecule has 0 aliphatic rings. The van der Waals surface area contributed by atoms with Gasteiger partial charge in [-0.05, 0) is 48.6 Å². The van der Waals surface area contributed by atoms with E-state index in [2.05, 4.69) is 51.1 Å². The second-order valence-electron chi connectivity index (χ2n) is 4.74. The van der Waals surface area contributed by atoms with E-state index in [9.17, 15) is 0 Å². The van der Waals surface area contributed by atoms with E-state index in [1.165, 1.54) is 46.7 Å². The maximum Gasteiger partial charge on any atom is -0.0152 e. The van der Waals surface area contributed by atoms with E-state index in [-0.39, 0.29) is 0 Å². The topological polar surface area (TPSA) is 0 Å². The van der Waals surface area contributed by atoms with E-state index in [0.717, 1.165) is 0 Å². The van der Waals surface area contributed by atoms with Crippen molar-refractivity contribution in [3.8, 4) is 0 Å². The molecule has 0 unspecified atom stereocenters. The van der Waals surface area contributed by atoms with Gasteiger partial charge in [-0.1, -0.05) is 49.2 Å². The van der Waals surface area contributed by atoms with Crippen molar-refractivity contribution in [2.24, 2.45) is 0 Å². The highest BCUT2D eigenvalue weighted by Gasteiger charge is 2.01. The van der Waals surface area contributed by atoms with Crippen LogP contribution in [0.25, 0.3) is 10.8 Å². The molecule has 2 rings (SSSR count). The Morgan fingerprint density at radius 1 is 1.00 bits per heavy atom. The summed E-state index contributed by atoms with van der Waals surface area (Å²) in [5, 5.41) is 2.79. The van der Waals surface area contributed by atoms with E-state index in [1.807, 2.05) is 0 Å². The van der Waals surface area contributed by atoms with Crippen LogP contribution in [0.1, 0.15) is 36.5 Å². The minimum absolute atomic E-state index is 1.21. The lowest BCUT2D eigenvalue weighted by Gasteiger charge is -2.07. The molecule has 0 aromatic heterocycles. The Kier molecular flexibility index (Phi) is 3.28. The summed E-state index contributed by atoms with van der Waals surface area (Å²) in [4.78, 5) is 0. The molecule has 0 atom stereocenters. The molecule has 0 radical (unpaired) electrons. The quantitative estimate of drug-likeness (QED) is 0.685. The second kappa shape index (κ2) is 4.69. The number of rotatable bonds is 3. The van der Waals surface area contributed by atoms with Gasteiger partial charge in [-0.2, -0.15) is 0 Å². The lowest BCUT2D eigenvalue weighted by atomic mass is 9.98. The normalized spacial score (nSPS) is 10.9. The van der Waals surface area contributed by atoms with Crippen LogP contribution in [-0.2, 0) is 6.42 Å². The van der Waals surface area contributed by atoms with Gasteiger partial charge in [0.25, 0.3) is 0 Å². The Hall–Kier alpha value is -1.30. The molecule has 0 aliphatic heterocycles. The van der Waals surface area contributed by atoms with Crippen LogP contribution in [0.3, 0.4) is 0 Å². The van der Waals surface area contributed by atoms with Crippen LogP contribution < -0.4 is 0 Å². The van der Waals surface area contributed by atoms with Crippen molar-refractivity contribution in [2.75, 3.05) is 0 Å². The molecule has 0 heteroatoms. The fourth-order valence-corrected chi connectivity index (χ4v) is 2.26. The Morgan fingerprint density at radius 3 is 2.56 bits per heavy atom. The van der Waals surface area contributed by atoms with Crippen molar-refractivity contribution in [2.45, 2.75) is 40.0 Å². The fourth-order valence-electron chi connectivity index (χ4n) is 2.26. The molecule has 16 heavy (non-hydrogen) atoms. The van der Waals surface area contributed by atoms with Crippen LogP contribution in [0, 0.1) is 13.8 Å². The molecule has 0 spiro atoms. The third-order valence-corrected chi connectivity index (χ3v) is 3.20. The second-order valence-corrected chi connectivity index (χ2v) is 4.74. The summed E-state index contributed by atoms with van der Waals surface area (Å²) >= 11 is 0. The average molecular weight is 212 g/mol. The molecule has 0 nitrogen and oxygen atoms in total. The van der Waals surface area contributed by atoms with Gasteiger partial charge in [-0.25, -0.2) is 0 Å². The standard InChI is InChI=1S/C16H20/c1-4-5-6-14-10-13(3)16-9-12(2)7-8-15(16)11-14/h7-11H,4-6H2,1-3H3. The molecular weight excluding hydrogens is 192 g/mol. The molecule has 0 saturated heterocycles. The van der Waals surface area contributed by atoms with Crippen LogP contribution in [0.5, 0.6) is 0 Å². The van der Waals surface area contributed by atoms with Crippen molar-refractivity contribution in [1.82, 2.24) is 0 Å². The Bertz CT molecular complexity index is 495. The van der Waals surface area contributed by atoms with Gasteiger partial charge < -0.3 is 0 Å². The van der Waals surface area contributed by atoms with Gasteiger partial charge >= 0.3 is 0 Å². The largest absolute Gasteiger partial charge is 0.0654 e. The van der Waals surface area contributed by atoms with Crippen molar-refractivity contribution >= 4 is 10.8 Å². The van der Waals surface area contributed by atoms with Crippen molar-refractivity contribution < 1.29 is 0 Å². The van der Waals surface area contributed by atoms with Gasteiger partial charge in [-0.15, -0.1) is 0 Å². The van der Waals surface area contributed by atoms with Gasteiger partial charge in [0, 0.05) is 0 Å². The highest BCUT2D eigenvalue weighted by molar-refractivity contribution is 5.86. The zero-order valence-electron chi connectivity index (χ0n) is 10.5. The lowest BCUT2D eigenvalue weighted by molar-refractivity contribution is 0.795. The maximum atomic E-state index is 2.34. The van der Waals surface area contributed by atoms with E-state index >= 15 is 0 Å². The summed E-state index contributed by atoms with van der Waals surface area (Å²) in [6.45, 7) is 6.62. The van der Waals surface area contributed by atoms with Crippen molar-refractivity contribution in [3.63, 3.8) is 0 Å². The molecule has 2 aromatic carbocycles. The number of hydrogen-bond acceptors (Lipinski definition) is 0. The Balaban J connectivity index is 2.46. The molecule has 0 heterocycles. The molecular formula is C16H20. The Labute approximate surface area is 98.3 Å². The number of hydrogen-bond donors (Lipinski definition) is 0. The first kappa shape index (κ1) is 11.2. The van der Waals surface area contributed by atoms with Crippen LogP contribution in [0.2, 0.25) is 0 Å². The van der Waals surface area contributed by atoms with Crippen LogP contribution in [0.4, 0.5) is 0 Å². The zero-order chi connectivity index (χ0) is 11.5. The lowest BCUT2D eigenvalue weighted by Crippen LogP contribution is -1.88. The maximum absolute atomic E-state index is 2.34. The van der Waals surface area contributed by atoms with E-state index < -0.39 is 0 Å². The highest BCUT2D eigenvalue weighted by atomic mass is 14.1. The van der Waals surface area contributed by atoms with E-state index in [0.29, 0.717) is 0 Å². The zero-order valence-corrected chi connectivity index (χ0v) is 10.5. The first-order valence-corrected chi connectivity index (χ1v) is 6.20. The average Bonchev–Trinajstić information content (AvgIpc) is 2.27. The number of benzene rings is 2. The Morgan fingerprint density at radius 2 is 1.81 bits per heavy atom. The molecule has 0 bridgehead atoms. The minimum Gasteiger partial charge on any atom is -0.0654 e. The first-order chi connectivity index (χ1) is 7.70. The summed E-state index contributed by atoms with van der Waals surface area (Å²) in [6.07, 6.45) is 3.77. The van der Waals surface area contributed by atoms with Crippen LogP contribution in [0.15, 0.2) is 30.3 Å². The number of fused-ring (bicyclic) bond motifs is 1.